The lowest BCUT2D eigenvalue weighted by atomic mass is 9.99. The zero-order valence-corrected chi connectivity index (χ0v) is 19.6. The first kappa shape index (κ1) is 23.9. The number of amides is 1. The van der Waals surface area contributed by atoms with E-state index >= 15 is 0 Å². The Hall–Kier alpha value is -3.26. The fourth-order valence-electron chi connectivity index (χ4n) is 3.16. The van der Waals surface area contributed by atoms with Gasteiger partial charge in [-0.15, -0.1) is 0 Å². The van der Waals surface area contributed by atoms with Crippen LogP contribution >= 0.6 is 34.8 Å². The van der Waals surface area contributed by atoms with E-state index in [0.717, 1.165) is 12.1 Å². The summed E-state index contributed by atoms with van der Waals surface area (Å²) in [5.41, 5.74) is 1.85. The Morgan fingerprint density at radius 2 is 1.59 bits per heavy atom. The summed E-state index contributed by atoms with van der Waals surface area (Å²) >= 11 is 18.6. The van der Waals surface area contributed by atoms with Gasteiger partial charge in [0.2, 0.25) is 5.91 Å². The molecule has 4 rings (SSSR count). The zero-order valence-electron chi connectivity index (χ0n) is 17.4. The number of aromatic nitrogens is 2. The third-order valence-electron chi connectivity index (χ3n) is 4.60. The van der Waals surface area contributed by atoms with Crippen LogP contribution in [0, 0.1) is 11.6 Å². The summed E-state index contributed by atoms with van der Waals surface area (Å²) in [6.07, 6.45) is 0. The summed E-state index contributed by atoms with van der Waals surface area (Å²) in [4.78, 5) is 20.8. The number of anilines is 1. The van der Waals surface area contributed by atoms with E-state index in [4.69, 9.17) is 39.5 Å². The molecule has 4 aromatic rings. The fraction of sp³-hybridized carbons (Fsp3) is 0.0417. The summed E-state index contributed by atoms with van der Waals surface area (Å²) in [5.74, 6) is -2.46. The first-order valence-corrected chi connectivity index (χ1v) is 10.9. The number of hydrogen-bond acceptors (Lipinski definition) is 4. The van der Waals surface area contributed by atoms with Crippen LogP contribution in [0.4, 0.5) is 14.6 Å². The van der Waals surface area contributed by atoms with Crippen molar-refractivity contribution in [3.05, 3.63) is 87.4 Å². The number of rotatable bonds is 5. The van der Waals surface area contributed by atoms with Crippen LogP contribution in [-0.2, 0) is 4.79 Å². The van der Waals surface area contributed by atoms with Crippen LogP contribution in [0.5, 0.6) is 11.8 Å². The second-order valence-electron chi connectivity index (χ2n) is 7.07. The average molecular weight is 521 g/mol. The molecule has 0 saturated heterocycles. The molecule has 3 aromatic carbocycles. The maximum Gasteiger partial charge on any atom is 0.324 e. The Kier molecular flexibility index (Phi) is 6.97. The minimum Gasteiger partial charge on any atom is -0.424 e. The van der Waals surface area contributed by atoms with Gasteiger partial charge in [0.1, 0.15) is 11.6 Å². The van der Waals surface area contributed by atoms with Crippen LogP contribution in [0.25, 0.3) is 22.4 Å². The molecule has 0 unspecified atom stereocenters. The Morgan fingerprint density at radius 3 is 2.24 bits per heavy atom. The highest BCUT2D eigenvalue weighted by Gasteiger charge is 2.22. The van der Waals surface area contributed by atoms with E-state index in [1.807, 2.05) is 0 Å². The monoisotopic (exact) mass is 519 g/mol. The number of benzene rings is 3. The van der Waals surface area contributed by atoms with Gasteiger partial charge in [0.15, 0.2) is 11.6 Å². The molecule has 0 bridgehead atoms. The van der Waals surface area contributed by atoms with Gasteiger partial charge in [-0.1, -0.05) is 46.9 Å². The highest BCUT2D eigenvalue weighted by atomic mass is 35.5. The summed E-state index contributed by atoms with van der Waals surface area (Å²) in [6, 6.07) is 14.4. The van der Waals surface area contributed by atoms with E-state index in [-0.39, 0.29) is 22.6 Å². The van der Waals surface area contributed by atoms with Gasteiger partial charge >= 0.3 is 6.01 Å². The zero-order chi connectivity index (χ0) is 24.4. The van der Waals surface area contributed by atoms with Gasteiger partial charge in [0, 0.05) is 28.6 Å². The molecule has 34 heavy (non-hydrogen) atoms. The average Bonchev–Trinajstić information content (AvgIpc) is 2.76. The third-order valence-corrected chi connectivity index (χ3v) is 5.40. The minimum atomic E-state index is -1.10. The van der Waals surface area contributed by atoms with E-state index in [2.05, 4.69) is 15.3 Å². The van der Waals surface area contributed by atoms with Crippen LogP contribution in [0.1, 0.15) is 6.92 Å². The van der Waals surface area contributed by atoms with E-state index in [1.54, 1.807) is 42.5 Å². The normalized spacial score (nSPS) is 10.8. The molecule has 0 atom stereocenters. The van der Waals surface area contributed by atoms with Crippen LogP contribution in [0.15, 0.2) is 60.7 Å². The molecule has 1 aromatic heterocycles. The van der Waals surface area contributed by atoms with Crippen LogP contribution in [0.3, 0.4) is 0 Å². The van der Waals surface area contributed by atoms with E-state index in [9.17, 15) is 13.6 Å². The van der Waals surface area contributed by atoms with Gasteiger partial charge in [-0.3, -0.25) is 4.79 Å². The molecule has 0 fully saturated rings. The van der Waals surface area contributed by atoms with Crippen molar-refractivity contribution in [1.82, 2.24) is 9.97 Å². The lowest BCUT2D eigenvalue weighted by molar-refractivity contribution is -0.114. The second-order valence-corrected chi connectivity index (χ2v) is 8.35. The Labute approximate surface area is 208 Å². The molecule has 1 N–H and O–H groups in total. The summed E-state index contributed by atoms with van der Waals surface area (Å²) < 4.78 is 32.6. The standard InChI is InChI=1S/C24H14Cl3F2N3O2/c1-12(33)30-23-21(13-2-4-14(25)5-3-13)22(17-8-6-15(26)10-18(17)27)31-24(32-23)34-16-7-9-19(28)20(29)11-16/h2-11H,1H3,(H,30,31,32,33). The first-order valence-electron chi connectivity index (χ1n) is 9.75. The Bertz CT molecular complexity index is 1400. The molecule has 0 aliphatic carbocycles. The van der Waals surface area contributed by atoms with Gasteiger partial charge in [0.05, 0.1) is 16.3 Å². The van der Waals surface area contributed by atoms with E-state index in [1.165, 1.54) is 13.0 Å². The van der Waals surface area contributed by atoms with Crippen molar-refractivity contribution >= 4 is 46.5 Å². The molecule has 0 aliphatic heterocycles. The predicted octanol–water partition coefficient (Wildman–Crippen LogP) is 7.80. The van der Waals surface area contributed by atoms with Gasteiger partial charge in [-0.2, -0.15) is 9.97 Å². The van der Waals surface area contributed by atoms with Crippen molar-refractivity contribution in [1.29, 1.82) is 0 Å². The molecule has 172 valence electrons. The molecule has 0 aliphatic rings. The maximum atomic E-state index is 13.7. The third kappa shape index (κ3) is 5.28. The van der Waals surface area contributed by atoms with E-state index < -0.39 is 17.5 Å². The lowest BCUT2D eigenvalue weighted by Crippen LogP contribution is -2.11. The number of halogens is 5. The van der Waals surface area contributed by atoms with Crippen molar-refractivity contribution in [2.24, 2.45) is 0 Å². The highest BCUT2D eigenvalue weighted by molar-refractivity contribution is 6.36. The van der Waals surface area contributed by atoms with E-state index in [0.29, 0.717) is 32.4 Å². The minimum absolute atomic E-state index is 0.0416. The number of nitrogens with zero attached hydrogens (tertiary/aromatic N) is 2. The Morgan fingerprint density at radius 1 is 0.882 bits per heavy atom. The quantitative estimate of drug-likeness (QED) is 0.292. The molecular weight excluding hydrogens is 507 g/mol. The van der Waals surface area contributed by atoms with Crippen molar-refractivity contribution in [2.45, 2.75) is 6.92 Å². The van der Waals surface area contributed by atoms with Gasteiger partial charge < -0.3 is 10.1 Å². The molecule has 5 nitrogen and oxygen atoms in total. The van der Waals surface area contributed by atoms with Crippen molar-refractivity contribution in [3.63, 3.8) is 0 Å². The van der Waals surface area contributed by atoms with Crippen LogP contribution < -0.4 is 10.1 Å². The summed E-state index contributed by atoms with van der Waals surface area (Å²) in [6.45, 7) is 1.32. The van der Waals surface area contributed by atoms with Crippen molar-refractivity contribution in [2.75, 3.05) is 5.32 Å². The van der Waals surface area contributed by atoms with Gasteiger partial charge in [0.25, 0.3) is 0 Å². The smallest absolute Gasteiger partial charge is 0.324 e. The molecular formula is C24H14Cl3F2N3O2. The maximum absolute atomic E-state index is 13.7. The number of carbonyl (C=O) groups is 1. The number of carbonyl (C=O) groups excluding carboxylic acids is 1. The molecule has 0 spiro atoms. The Balaban J connectivity index is 1.96. The van der Waals surface area contributed by atoms with Crippen LogP contribution in [0.2, 0.25) is 15.1 Å². The summed E-state index contributed by atoms with van der Waals surface area (Å²) in [7, 11) is 0. The molecule has 1 heterocycles. The molecule has 1 amide bonds. The number of ether oxygens (including phenoxy) is 1. The SMILES string of the molecule is CC(=O)Nc1nc(Oc2ccc(F)c(F)c2)nc(-c2ccc(Cl)cc2Cl)c1-c1ccc(Cl)cc1. The molecule has 0 saturated carbocycles. The van der Waals surface area contributed by atoms with Gasteiger partial charge in [-0.05, 0) is 48.0 Å². The largest absolute Gasteiger partial charge is 0.424 e. The van der Waals surface area contributed by atoms with Crippen LogP contribution in [-0.4, -0.2) is 15.9 Å². The molecule has 10 heteroatoms. The highest BCUT2D eigenvalue weighted by Crippen LogP contribution is 2.41. The second kappa shape index (κ2) is 9.93. The van der Waals surface area contributed by atoms with Gasteiger partial charge in [-0.25, -0.2) is 8.78 Å². The number of hydrogen-bond donors (Lipinski definition) is 1. The van der Waals surface area contributed by atoms with Crippen molar-refractivity contribution < 1.29 is 18.3 Å². The molecule has 0 radical (unpaired) electrons. The fourth-order valence-corrected chi connectivity index (χ4v) is 3.78. The number of nitrogens with one attached hydrogen (secondary N) is 1. The predicted molar refractivity (Wildman–Crippen MR) is 129 cm³/mol. The van der Waals surface area contributed by atoms with Crippen molar-refractivity contribution in [3.8, 4) is 34.1 Å². The topological polar surface area (TPSA) is 64.1 Å². The first-order chi connectivity index (χ1) is 16.2. The lowest BCUT2D eigenvalue weighted by Gasteiger charge is -2.17. The summed E-state index contributed by atoms with van der Waals surface area (Å²) in [5, 5.41) is 3.88.